The predicted molar refractivity (Wildman–Crippen MR) is 118 cm³/mol. The number of hydrogen-bond donors (Lipinski definition) is 2. The highest BCUT2D eigenvalue weighted by Crippen LogP contribution is 2.22. The summed E-state index contributed by atoms with van der Waals surface area (Å²) in [5, 5.41) is 2.70. The van der Waals surface area contributed by atoms with E-state index in [-0.39, 0.29) is 16.5 Å². The standard InChI is InChI=1S/C23H23FN2O4S/c1-3-17-8-4-7-11-22(17)30-16(2)23(27)25-18-12-14-19(15-13-18)31(28,29)26-21-10-6-5-9-20(21)24/h4-16,26H,3H2,1-2H3,(H,25,27)/t16-/m0/s1. The number of carbonyl (C=O) groups excluding carboxylic acids is 1. The highest BCUT2D eigenvalue weighted by atomic mass is 32.2. The summed E-state index contributed by atoms with van der Waals surface area (Å²) in [7, 11) is -3.97. The van der Waals surface area contributed by atoms with E-state index in [9.17, 15) is 17.6 Å². The fraction of sp³-hybridized carbons (Fsp3) is 0.174. The summed E-state index contributed by atoms with van der Waals surface area (Å²) in [6.45, 7) is 3.64. The molecule has 0 aliphatic heterocycles. The number of carbonyl (C=O) groups is 1. The summed E-state index contributed by atoms with van der Waals surface area (Å²) in [5.41, 5.74) is 1.27. The first-order valence-electron chi connectivity index (χ1n) is 9.73. The molecule has 31 heavy (non-hydrogen) atoms. The maximum atomic E-state index is 13.7. The molecule has 3 aromatic rings. The van der Waals surface area contributed by atoms with Crippen LogP contribution in [0.25, 0.3) is 0 Å². The average Bonchev–Trinajstić information content (AvgIpc) is 2.76. The molecule has 0 radical (unpaired) electrons. The van der Waals surface area contributed by atoms with Gasteiger partial charge in [-0.1, -0.05) is 37.3 Å². The predicted octanol–water partition coefficient (Wildman–Crippen LogP) is 4.59. The summed E-state index contributed by atoms with van der Waals surface area (Å²) in [5.74, 6) is -0.395. The minimum atomic E-state index is -3.97. The largest absolute Gasteiger partial charge is 0.481 e. The molecule has 2 N–H and O–H groups in total. The first kappa shape index (κ1) is 22.3. The number of nitrogens with one attached hydrogen (secondary N) is 2. The lowest BCUT2D eigenvalue weighted by Gasteiger charge is -2.17. The Morgan fingerprint density at radius 1 is 1.00 bits per heavy atom. The summed E-state index contributed by atoms with van der Waals surface area (Å²) >= 11 is 0. The van der Waals surface area contributed by atoms with Crippen molar-refractivity contribution in [3.05, 3.63) is 84.2 Å². The van der Waals surface area contributed by atoms with Gasteiger partial charge >= 0.3 is 0 Å². The third kappa shape index (κ3) is 5.61. The second kappa shape index (κ2) is 9.61. The van der Waals surface area contributed by atoms with Crippen molar-refractivity contribution >= 4 is 27.3 Å². The van der Waals surface area contributed by atoms with Gasteiger partial charge in [0.2, 0.25) is 0 Å². The number of sulfonamides is 1. The highest BCUT2D eigenvalue weighted by Gasteiger charge is 2.18. The normalized spacial score (nSPS) is 12.1. The zero-order chi connectivity index (χ0) is 22.4. The molecule has 0 saturated heterocycles. The molecule has 3 rings (SSSR count). The molecule has 0 aliphatic rings. The zero-order valence-corrected chi connectivity index (χ0v) is 17.9. The van der Waals surface area contributed by atoms with E-state index in [2.05, 4.69) is 10.0 Å². The van der Waals surface area contributed by atoms with E-state index in [0.717, 1.165) is 12.0 Å². The maximum absolute atomic E-state index is 13.7. The molecule has 1 atom stereocenters. The molecule has 8 heteroatoms. The summed E-state index contributed by atoms with van der Waals surface area (Å²) in [6.07, 6.45) is 0.0281. The molecule has 1 amide bonds. The quantitative estimate of drug-likeness (QED) is 0.534. The third-order valence-corrected chi connectivity index (χ3v) is 5.96. The lowest BCUT2D eigenvalue weighted by Crippen LogP contribution is -2.30. The van der Waals surface area contributed by atoms with E-state index in [4.69, 9.17) is 4.74 Å². The molecule has 3 aromatic carbocycles. The molecule has 0 fully saturated rings. The minimum absolute atomic E-state index is 0.0603. The average molecular weight is 443 g/mol. The molecule has 0 spiro atoms. The van der Waals surface area contributed by atoms with E-state index in [1.54, 1.807) is 6.92 Å². The van der Waals surface area contributed by atoms with Crippen LogP contribution in [0, 0.1) is 5.82 Å². The van der Waals surface area contributed by atoms with Crippen LogP contribution in [-0.2, 0) is 21.2 Å². The zero-order valence-electron chi connectivity index (χ0n) is 17.1. The molecule has 0 bridgehead atoms. The molecule has 162 valence electrons. The van der Waals surface area contributed by atoms with Gasteiger partial charge < -0.3 is 10.1 Å². The van der Waals surface area contributed by atoms with Gasteiger partial charge in [0.1, 0.15) is 11.6 Å². The monoisotopic (exact) mass is 442 g/mol. The number of para-hydroxylation sites is 2. The van der Waals surface area contributed by atoms with Gasteiger partial charge in [0.25, 0.3) is 15.9 Å². The number of aryl methyl sites for hydroxylation is 1. The van der Waals surface area contributed by atoms with Crippen LogP contribution in [0.4, 0.5) is 15.8 Å². The van der Waals surface area contributed by atoms with Crippen molar-refractivity contribution in [1.82, 2.24) is 0 Å². The van der Waals surface area contributed by atoms with Crippen LogP contribution in [0.3, 0.4) is 0 Å². The van der Waals surface area contributed by atoms with Gasteiger partial charge in [-0.05, 0) is 61.4 Å². The van der Waals surface area contributed by atoms with Crippen LogP contribution in [0.15, 0.2) is 77.7 Å². The summed E-state index contributed by atoms with van der Waals surface area (Å²) in [6, 6.07) is 18.6. The van der Waals surface area contributed by atoms with Crippen LogP contribution >= 0.6 is 0 Å². The van der Waals surface area contributed by atoms with Crippen molar-refractivity contribution in [2.45, 2.75) is 31.3 Å². The number of rotatable bonds is 8. The lowest BCUT2D eigenvalue weighted by atomic mass is 10.1. The van der Waals surface area contributed by atoms with Gasteiger partial charge in [-0.15, -0.1) is 0 Å². The van der Waals surface area contributed by atoms with Crippen molar-refractivity contribution in [3.8, 4) is 5.75 Å². The molecular formula is C23H23FN2O4S. The van der Waals surface area contributed by atoms with Gasteiger partial charge in [0.05, 0.1) is 10.6 Å². The van der Waals surface area contributed by atoms with Gasteiger partial charge in [0.15, 0.2) is 6.10 Å². The molecule has 6 nitrogen and oxygen atoms in total. The van der Waals surface area contributed by atoms with Crippen LogP contribution in [0.5, 0.6) is 5.75 Å². The molecule has 0 heterocycles. The van der Waals surface area contributed by atoms with E-state index in [0.29, 0.717) is 11.4 Å². The molecular weight excluding hydrogens is 419 g/mol. The van der Waals surface area contributed by atoms with Gasteiger partial charge in [-0.25, -0.2) is 12.8 Å². The number of amides is 1. The molecule has 0 saturated carbocycles. The number of hydrogen-bond acceptors (Lipinski definition) is 4. The Hall–Kier alpha value is -3.39. The Kier molecular flexibility index (Phi) is 6.91. The Morgan fingerprint density at radius 2 is 1.65 bits per heavy atom. The Bertz CT molecular complexity index is 1160. The lowest BCUT2D eigenvalue weighted by molar-refractivity contribution is -0.122. The Morgan fingerprint density at radius 3 is 2.32 bits per heavy atom. The van der Waals surface area contributed by atoms with Gasteiger partial charge in [-0.3, -0.25) is 9.52 Å². The number of ether oxygens (including phenoxy) is 1. The second-order valence-electron chi connectivity index (χ2n) is 6.82. The van der Waals surface area contributed by atoms with Crippen LogP contribution in [0.1, 0.15) is 19.4 Å². The Labute approximate surface area is 181 Å². The van der Waals surface area contributed by atoms with Crippen molar-refractivity contribution in [2.24, 2.45) is 0 Å². The third-order valence-electron chi connectivity index (χ3n) is 4.58. The van der Waals surface area contributed by atoms with Gasteiger partial charge in [-0.2, -0.15) is 0 Å². The molecule has 0 aromatic heterocycles. The van der Waals surface area contributed by atoms with Crippen molar-refractivity contribution in [2.75, 3.05) is 10.0 Å². The number of benzene rings is 3. The van der Waals surface area contributed by atoms with Crippen LogP contribution in [-0.4, -0.2) is 20.4 Å². The van der Waals surface area contributed by atoms with Crippen LogP contribution < -0.4 is 14.8 Å². The topological polar surface area (TPSA) is 84.5 Å². The van der Waals surface area contributed by atoms with Crippen LogP contribution in [0.2, 0.25) is 0 Å². The van der Waals surface area contributed by atoms with E-state index in [1.807, 2.05) is 31.2 Å². The molecule has 0 aliphatic carbocycles. The fourth-order valence-electron chi connectivity index (χ4n) is 2.86. The van der Waals surface area contributed by atoms with E-state index < -0.39 is 21.9 Å². The van der Waals surface area contributed by atoms with Gasteiger partial charge in [0, 0.05) is 5.69 Å². The maximum Gasteiger partial charge on any atom is 0.265 e. The second-order valence-corrected chi connectivity index (χ2v) is 8.50. The Balaban J connectivity index is 1.65. The van der Waals surface area contributed by atoms with Crippen molar-refractivity contribution in [1.29, 1.82) is 0 Å². The first-order valence-corrected chi connectivity index (χ1v) is 11.2. The smallest absolute Gasteiger partial charge is 0.265 e. The summed E-state index contributed by atoms with van der Waals surface area (Å²) < 4.78 is 46.7. The SMILES string of the molecule is CCc1ccccc1O[C@@H](C)C(=O)Nc1ccc(S(=O)(=O)Nc2ccccc2F)cc1. The number of anilines is 2. The minimum Gasteiger partial charge on any atom is -0.481 e. The fourth-order valence-corrected chi connectivity index (χ4v) is 3.93. The van der Waals surface area contributed by atoms with Crippen molar-refractivity contribution < 1.29 is 22.3 Å². The first-order chi connectivity index (χ1) is 14.8. The van der Waals surface area contributed by atoms with E-state index in [1.165, 1.54) is 48.5 Å². The summed E-state index contributed by atoms with van der Waals surface area (Å²) in [4.78, 5) is 12.4. The number of halogens is 1. The molecule has 0 unspecified atom stereocenters. The van der Waals surface area contributed by atoms with E-state index >= 15 is 0 Å². The van der Waals surface area contributed by atoms with Crippen molar-refractivity contribution in [3.63, 3.8) is 0 Å². The highest BCUT2D eigenvalue weighted by molar-refractivity contribution is 7.92.